The van der Waals surface area contributed by atoms with Gasteiger partial charge in [-0.1, -0.05) is 0 Å². The summed E-state index contributed by atoms with van der Waals surface area (Å²) in [5.74, 6) is 0.411. The van der Waals surface area contributed by atoms with E-state index in [1.54, 1.807) is 0 Å². The summed E-state index contributed by atoms with van der Waals surface area (Å²) in [7, 11) is 3.95. The molecule has 1 aromatic heterocycles. The van der Waals surface area contributed by atoms with Crippen molar-refractivity contribution in [2.75, 3.05) is 32.5 Å². The van der Waals surface area contributed by atoms with E-state index in [4.69, 9.17) is 0 Å². The molecule has 6 heteroatoms. The van der Waals surface area contributed by atoms with Crippen LogP contribution in [0.1, 0.15) is 0 Å². The molecule has 2 N–H and O–H groups in total. The van der Waals surface area contributed by atoms with Crippen molar-refractivity contribution in [3.05, 3.63) is 16.6 Å². The van der Waals surface area contributed by atoms with E-state index in [0.29, 0.717) is 5.95 Å². The molecule has 13 heavy (non-hydrogen) atoms. The van der Waals surface area contributed by atoms with E-state index in [-0.39, 0.29) is 5.56 Å². The van der Waals surface area contributed by atoms with Crippen LogP contribution in [0.5, 0.6) is 0 Å². The topological polar surface area (TPSA) is 73.9 Å². The molecule has 0 aliphatic carbocycles. The first-order valence-corrected chi connectivity index (χ1v) is 3.99. The molecule has 1 heterocycles. The van der Waals surface area contributed by atoms with Gasteiger partial charge in [-0.25, -0.2) is 0 Å². The lowest BCUT2D eigenvalue weighted by Gasteiger charge is -2.09. The Morgan fingerprint density at radius 2 is 2.38 bits per heavy atom. The minimum absolute atomic E-state index is 0.248. The van der Waals surface area contributed by atoms with Crippen molar-refractivity contribution in [2.24, 2.45) is 0 Å². The Bertz CT molecular complexity index is 308. The molecule has 0 spiro atoms. The molecular formula is C7H13N5O. The number of nitrogens with zero attached hydrogens (tertiary/aromatic N) is 3. The number of hydrogen-bond donors (Lipinski definition) is 2. The Balaban J connectivity index is 2.41. The van der Waals surface area contributed by atoms with Crippen LogP contribution in [-0.4, -0.2) is 47.3 Å². The van der Waals surface area contributed by atoms with Crippen LogP contribution in [0.4, 0.5) is 5.95 Å². The van der Waals surface area contributed by atoms with Crippen molar-refractivity contribution in [1.82, 2.24) is 20.1 Å². The maximum atomic E-state index is 10.8. The second-order valence-corrected chi connectivity index (χ2v) is 2.91. The van der Waals surface area contributed by atoms with Crippen molar-refractivity contribution in [1.29, 1.82) is 0 Å². The lowest BCUT2D eigenvalue weighted by atomic mass is 10.6. The van der Waals surface area contributed by atoms with E-state index in [1.807, 2.05) is 19.0 Å². The van der Waals surface area contributed by atoms with Gasteiger partial charge in [0.05, 0.1) is 0 Å². The van der Waals surface area contributed by atoms with Crippen molar-refractivity contribution < 1.29 is 0 Å². The highest BCUT2D eigenvalue weighted by Gasteiger charge is 1.94. The summed E-state index contributed by atoms with van der Waals surface area (Å²) in [6, 6.07) is 0. The number of nitrogens with one attached hydrogen (secondary N) is 2. The van der Waals surface area contributed by atoms with E-state index in [9.17, 15) is 4.79 Å². The molecule has 0 amide bonds. The molecule has 0 unspecified atom stereocenters. The Kier molecular flexibility index (Phi) is 3.39. The zero-order valence-electron chi connectivity index (χ0n) is 7.74. The highest BCUT2D eigenvalue weighted by Crippen LogP contribution is 1.87. The molecule has 0 aromatic carbocycles. The fourth-order valence-corrected chi connectivity index (χ4v) is 0.790. The van der Waals surface area contributed by atoms with Crippen molar-refractivity contribution in [2.45, 2.75) is 0 Å². The lowest BCUT2D eigenvalue weighted by molar-refractivity contribution is 0.424. The molecule has 1 rings (SSSR count). The summed E-state index contributed by atoms with van der Waals surface area (Å²) in [5.41, 5.74) is -0.248. The summed E-state index contributed by atoms with van der Waals surface area (Å²) >= 11 is 0. The van der Waals surface area contributed by atoms with Crippen LogP contribution in [0, 0.1) is 0 Å². The van der Waals surface area contributed by atoms with Gasteiger partial charge < -0.3 is 10.2 Å². The summed E-state index contributed by atoms with van der Waals surface area (Å²) in [4.78, 5) is 15.3. The fraction of sp³-hybridized carbons (Fsp3) is 0.571. The van der Waals surface area contributed by atoms with Crippen molar-refractivity contribution in [3.63, 3.8) is 0 Å². The Labute approximate surface area is 76.0 Å². The molecule has 0 saturated carbocycles. The van der Waals surface area contributed by atoms with Gasteiger partial charge in [0, 0.05) is 13.1 Å². The molecule has 0 saturated heterocycles. The standard InChI is InChI=1S/C7H13N5O/c1-12(2)4-3-8-7-10-6(13)5-9-11-7/h5H,3-4H2,1-2H3,(H2,8,10,11,13). The van der Waals surface area contributed by atoms with Crippen LogP contribution >= 0.6 is 0 Å². The third-order valence-electron chi connectivity index (χ3n) is 1.43. The molecular weight excluding hydrogens is 170 g/mol. The van der Waals surface area contributed by atoms with Gasteiger partial charge in [0.1, 0.15) is 6.20 Å². The fourth-order valence-electron chi connectivity index (χ4n) is 0.790. The first-order chi connectivity index (χ1) is 6.18. The summed E-state index contributed by atoms with van der Waals surface area (Å²) in [6.45, 7) is 1.60. The van der Waals surface area contributed by atoms with Gasteiger partial charge in [0.15, 0.2) is 0 Å². The van der Waals surface area contributed by atoms with Crippen molar-refractivity contribution in [3.8, 4) is 0 Å². The van der Waals surface area contributed by atoms with Gasteiger partial charge in [-0.05, 0) is 14.1 Å². The van der Waals surface area contributed by atoms with Gasteiger partial charge in [-0.3, -0.25) is 9.78 Å². The second-order valence-electron chi connectivity index (χ2n) is 2.91. The average Bonchev–Trinajstić information content (AvgIpc) is 2.03. The number of aromatic nitrogens is 3. The third-order valence-corrected chi connectivity index (χ3v) is 1.43. The lowest BCUT2D eigenvalue weighted by Crippen LogP contribution is -2.22. The van der Waals surface area contributed by atoms with Gasteiger partial charge in [0.25, 0.3) is 5.56 Å². The molecule has 1 aromatic rings. The van der Waals surface area contributed by atoms with E-state index in [0.717, 1.165) is 19.3 Å². The van der Waals surface area contributed by atoms with Crippen LogP contribution < -0.4 is 10.9 Å². The van der Waals surface area contributed by atoms with Crippen LogP contribution in [0.2, 0.25) is 0 Å². The molecule has 72 valence electrons. The predicted molar refractivity (Wildman–Crippen MR) is 49.7 cm³/mol. The number of likely N-dealkylation sites (N-methyl/N-ethyl adjacent to an activating group) is 1. The molecule has 0 aliphatic rings. The quantitative estimate of drug-likeness (QED) is 0.635. The first kappa shape index (κ1) is 9.66. The number of hydrogen-bond acceptors (Lipinski definition) is 5. The second kappa shape index (κ2) is 4.56. The van der Waals surface area contributed by atoms with Crippen LogP contribution in [-0.2, 0) is 0 Å². The summed E-state index contributed by atoms with van der Waals surface area (Å²) in [5, 5.41) is 10.2. The van der Waals surface area contributed by atoms with Crippen molar-refractivity contribution >= 4 is 5.95 Å². The minimum Gasteiger partial charge on any atom is -0.353 e. The largest absolute Gasteiger partial charge is 0.353 e. The molecule has 0 fully saturated rings. The Morgan fingerprint density at radius 3 is 3.00 bits per heavy atom. The van der Waals surface area contributed by atoms with Crippen LogP contribution in [0.15, 0.2) is 11.0 Å². The number of H-pyrrole nitrogens is 1. The maximum Gasteiger partial charge on any atom is 0.271 e. The highest BCUT2D eigenvalue weighted by atomic mass is 16.1. The van der Waals surface area contributed by atoms with Gasteiger partial charge >= 0.3 is 0 Å². The van der Waals surface area contributed by atoms with Crippen LogP contribution in [0.3, 0.4) is 0 Å². The zero-order chi connectivity index (χ0) is 9.68. The number of rotatable bonds is 4. The Morgan fingerprint density at radius 1 is 1.62 bits per heavy atom. The molecule has 0 radical (unpaired) electrons. The zero-order valence-corrected chi connectivity index (χ0v) is 7.74. The smallest absolute Gasteiger partial charge is 0.271 e. The molecule has 0 aliphatic heterocycles. The SMILES string of the molecule is CN(C)CCNc1nncc(=O)[nH]1. The average molecular weight is 183 g/mol. The van der Waals surface area contributed by atoms with Gasteiger partial charge in [0.2, 0.25) is 5.95 Å². The van der Waals surface area contributed by atoms with Gasteiger partial charge in [-0.15, -0.1) is 10.2 Å². The Hall–Kier alpha value is -1.43. The highest BCUT2D eigenvalue weighted by molar-refractivity contribution is 5.19. The molecule has 6 nitrogen and oxygen atoms in total. The number of anilines is 1. The minimum atomic E-state index is -0.248. The number of aromatic amines is 1. The molecule has 0 bridgehead atoms. The molecule has 0 atom stereocenters. The first-order valence-electron chi connectivity index (χ1n) is 3.99. The van der Waals surface area contributed by atoms with E-state index < -0.39 is 0 Å². The van der Waals surface area contributed by atoms with E-state index >= 15 is 0 Å². The van der Waals surface area contributed by atoms with E-state index in [2.05, 4.69) is 20.5 Å². The summed E-state index contributed by atoms with van der Waals surface area (Å²) in [6.07, 6.45) is 1.14. The normalized spacial score (nSPS) is 10.4. The maximum absolute atomic E-state index is 10.8. The third kappa shape index (κ3) is 3.66. The van der Waals surface area contributed by atoms with Crippen LogP contribution in [0.25, 0.3) is 0 Å². The van der Waals surface area contributed by atoms with E-state index in [1.165, 1.54) is 0 Å². The summed E-state index contributed by atoms with van der Waals surface area (Å²) < 4.78 is 0. The predicted octanol–water partition coefficient (Wildman–Crippen LogP) is -0.862. The monoisotopic (exact) mass is 183 g/mol. The van der Waals surface area contributed by atoms with Gasteiger partial charge in [-0.2, -0.15) is 0 Å².